The van der Waals surface area contributed by atoms with Crippen molar-refractivity contribution in [2.45, 2.75) is 87.6 Å². The first-order valence-corrected chi connectivity index (χ1v) is 12.0. The van der Waals surface area contributed by atoms with Crippen LogP contribution in [-0.4, -0.2) is 82.5 Å². The third-order valence-corrected chi connectivity index (χ3v) is 8.33. The summed E-state index contributed by atoms with van der Waals surface area (Å²) < 4.78 is 0. The van der Waals surface area contributed by atoms with Crippen LogP contribution in [0.3, 0.4) is 0 Å². The number of piperidine rings is 2. The highest BCUT2D eigenvalue weighted by atomic mass is 16.2. The number of rotatable bonds is 7. The van der Waals surface area contributed by atoms with Crippen molar-refractivity contribution >= 4 is 18.5 Å². The van der Waals surface area contributed by atoms with E-state index in [2.05, 4.69) is 14.7 Å². The van der Waals surface area contributed by atoms with Crippen molar-refractivity contribution < 1.29 is 14.4 Å². The lowest BCUT2D eigenvalue weighted by Crippen LogP contribution is -2.58. The van der Waals surface area contributed by atoms with E-state index in [0.29, 0.717) is 37.3 Å². The maximum atomic E-state index is 13.8. The Kier molecular flexibility index (Phi) is 5.93. The van der Waals surface area contributed by atoms with Crippen molar-refractivity contribution in [3.63, 3.8) is 0 Å². The number of nitrogens with zero attached hydrogens (tertiary/aromatic N) is 3. The monoisotopic (exact) mass is 423 g/mol. The van der Waals surface area contributed by atoms with Gasteiger partial charge in [0.25, 0.3) is 5.91 Å². The van der Waals surface area contributed by atoms with Gasteiger partial charge in [-0.1, -0.05) is 18.2 Å². The molecule has 6 heteroatoms. The Morgan fingerprint density at radius 2 is 1.19 bits per heavy atom. The number of aldehydes is 2. The van der Waals surface area contributed by atoms with Crippen LogP contribution in [0.5, 0.6) is 0 Å². The molecule has 1 aromatic rings. The van der Waals surface area contributed by atoms with Gasteiger partial charge in [0.15, 0.2) is 0 Å². The summed E-state index contributed by atoms with van der Waals surface area (Å²) in [5.41, 5.74) is 0.771. The summed E-state index contributed by atoms with van der Waals surface area (Å²) in [6.07, 6.45) is 10.4. The highest BCUT2D eigenvalue weighted by Crippen LogP contribution is 2.42. The highest BCUT2D eigenvalue weighted by molar-refractivity contribution is 5.94. The van der Waals surface area contributed by atoms with E-state index >= 15 is 0 Å². The Bertz CT molecular complexity index is 745. The topological polar surface area (TPSA) is 60.9 Å². The predicted molar refractivity (Wildman–Crippen MR) is 118 cm³/mol. The lowest BCUT2D eigenvalue weighted by molar-refractivity contribution is -0.110. The quantitative estimate of drug-likeness (QED) is 0.631. The van der Waals surface area contributed by atoms with E-state index in [0.717, 1.165) is 69.5 Å². The van der Waals surface area contributed by atoms with Gasteiger partial charge >= 0.3 is 0 Å². The van der Waals surface area contributed by atoms with Crippen LogP contribution in [0.15, 0.2) is 30.3 Å². The molecular formula is C25H33N3O3. The fraction of sp³-hybridized carbons (Fsp3) is 0.640. The second-order valence-electron chi connectivity index (χ2n) is 9.83. The molecule has 4 aliphatic rings. The molecule has 0 aromatic heterocycles. The minimum atomic E-state index is 0.155. The van der Waals surface area contributed by atoms with Crippen molar-refractivity contribution in [3.8, 4) is 0 Å². The zero-order valence-corrected chi connectivity index (χ0v) is 18.1. The summed E-state index contributed by atoms with van der Waals surface area (Å²) in [5, 5.41) is 0. The second kappa shape index (κ2) is 8.83. The van der Waals surface area contributed by atoms with Crippen LogP contribution >= 0.6 is 0 Å². The van der Waals surface area contributed by atoms with Gasteiger partial charge in [-0.2, -0.15) is 0 Å². The van der Waals surface area contributed by atoms with E-state index in [1.165, 1.54) is 0 Å². The molecule has 0 saturated carbocycles. The third kappa shape index (κ3) is 3.85. The van der Waals surface area contributed by atoms with Gasteiger partial charge in [0.2, 0.25) is 0 Å². The van der Waals surface area contributed by atoms with Gasteiger partial charge in [-0.3, -0.25) is 14.6 Å². The summed E-state index contributed by atoms with van der Waals surface area (Å²) >= 11 is 0. The molecular weight excluding hydrogens is 390 g/mol. The van der Waals surface area contributed by atoms with Crippen molar-refractivity contribution in [2.24, 2.45) is 0 Å². The molecule has 4 aliphatic heterocycles. The average molecular weight is 424 g/mol. The van der Waals surface area contributed by atoms with E-state index in [4.69, 9.17) is 0 Å². The largest absolute Gasteiger partial charge is 0.332 e. The van der Waals surface area contributed by atoms with E-state index < -0.39 is 0 Å². The van der Waals surface area contributed by atoms with E-state index in [-0.39, 0.29) is 18.0 Å². The number of benzene rings is 1. The summed E-state index contributed by atoms with van der Waals surface area (Å²) in [6.45, 7) is 1.03. The SMILES string of the molecule is O=CCN1C2CCC1CC(N(C(=O)c1ccccc1)C1CC3CCC(C1)N3CC=O)C2. The molecule has 4 unspecified atom stereocenters. The molecule has 4 fully saturated rings. The lowest BCUT2D eigenvalue weighted by atomic mass is 9.89. The normalized spacial score (nSPS) is 35.1. The van der Waals surface area contributed by atoms with Crippen molar-refractivity contribution in [1.29, 1.82) is 0 Å². The number of carbonyl (C=O) groups excluding carboxylic acids is 3. The number of fused-ring (bicyclic) bond motifs is 4. The maximum absolute atomic E-state index is 13.8. The van der Waals surface area contributed by atoms with Gasteiger partial charge in [0, 0.05) is 41.8 Å². The number of carbonyl (C=O) groups is 3. The van der Waals surface area contributed by atoms with E-state index in [9.17, 15) is 14.4 Å². The Morgan fingerprint density at radius 1 is 0.774 bits per heavy atom. The number of hydrogen-bond acceptors (Lipinski definition) is 5. The summed E-state index contributed by atoms with van der Waals surface area (Å²) in [6, 6.07) is 11.8. The maximum Gasteiger partial charge on any atom is 0.254 e. The molecule has 4 saturated heterocycles. The van der Waals surface area contributed by atoms with Gasteiger partial charge in [-0.25, -0.2) is 0 Å². The average Bonchev–Trinajstić information content (AvgIpc) is 3.15. The van der Waals surface area contributed by atoms with E-state index in [1.54, 1.807) is 0 Å². The third-order valence-electron chi connectivity index (χ3n) is 8.33. The van der Waals surface area contributed by atoms with Crippen LogP contribution in [0.25, 0.3) is 0 Å². The van der Waals surface area contributed by atoms with Crippen molar-refractivity contribution in [1.82, 2.24) is 14.7 Å². The first kappa shape index (κ1) is 20.8. The summed E-state index contributed by atoms with van der Waals surface area (Å²) in [4.78, 5) is 43.1. The molecule has 1 amide bonds. The van der Waals surface area contributed by atoms with Crippen LogP contribution in [0, 0.1) is 0 Å². The fourth-order valence-electron chi connectivity index (χ4n) is 7.07. The van der Waals surface area contributed by atoms with Crippen molar-refractivity contribution in [3.05, 3.63) is 35.9 Å². The first-order chi connectivity index (χ1) is 15.2. The molecule has 166 valence electrons. The number of hydrogen-bond donors (Lipinski definition) is 0. The molecule has 0 radical (unpaired) electrons. The Balaban J connectivity index is 1.41. The van der Waals surface area contributed by atoms with Gasteiger partial charge in [-0.15, -0.1) is 0 Å². The van der Waals surface area contributed by atoms with Crippen LogP contribution in [0.2, 0.25) is 0 Å². The van der Waals surface area contributed by atoms with Crippen LogP contribution < -0.4 is 0 Å². The highest BCUT2D eigenvalue weighted by Gasteiger charge is 2.48. The van der Waals surface area contributed by atoms with E-state index in [1.807, 2.05) is 30.3 Å². The first-order valence-electron chi connectivity index (χ1n) is 12.0. The minimum absolute atomic E-state index is 0.155. The molecule has 0 N–H and O–H groups in total. The molecule has 0 aliphatic carbocycles. The standard InChI is InChI=1S/C25H33N3O3/c29-12-10-26-19-6-7-20(26)15-23(14-19)28(25(31)18-4-2-1-3-5-18)24-16-21-8-9-22(17-24)27(21)11-13-30/h1-5,12-13,19-24H,6-11,14-17H2. The van der Waals surface area contributed by atoms with Crippen LogP contribution in [0.1, 0.15) is 61.7 Å². The summed E-state index contributed by atoms with van der Waals surface area (Å²) in [7, 11) is 0. The van der Waals surface area contributed by atoms with Crippen LogP contribution in [-0.2, 0) is 9.59 Å². The van der Waals surface area contributed by atoms with Gasteiger partial charge in [0.05, 0.1) is 13.1 Å². The van der Waals surface area contributed by atoms with Crippen LogP contribution in [0.4, 0.5) is 0 Å². The van der Waals surface area contributed by atoms with Gasteiger partial charge in [-0.05, 0) is 63.5 Å². The molecule has 5 rings (SSSR count). The molecule has 31 heavy (non-hydrogen) atoms. The molecule has 4 atom stereocenters. The molecule has 4 heterocycles. The summed E-state index contributed by atoms with van der Waals surface area (Å²) in [5.74, 6) is 0.155. The van der Waals surface area contributed by atoms with Crippen molar-refractivity contribution in [2.75, 3.05) is 13.1 Å². The zero-order chi connectivity index (χ0) is 21.4. The van der Waals surface area contributed by atoms with Gasteiger partial charge < -0.3 is 14.5 Å². The number of amides is 1. The molecule has 0 spiro atoms. The molecule has 6 nitrogen and oxygen atoms in total. The molecule has 1 aromatic carbocycles. The Labute approximate surface area is 184 Å². The zero-order valence-electron chi connectivity index (χ0n) is 18.1. The Hall–Kier alpha value is -2.05. The Morgan fingerprint density at radius 3 is 1.58 bits per heavy atom. The minimum Gasteiger partial charge on any atom is -0.332 e. The second-order valence-corrected chi connectivity index (χ2v) is 9.83. The van der Waals surface area contributed by atoms with Gasteiger partial charge in [0.1, 0.15) is 12.6 Å². The lowest BCUT2D eigenvalue weighted by Gasteiger charge is -2.49. The molecule has 4 bridgehead atoms. The smallest absolute Gasteiger partial charge is 0.254 e. The fourth-order valence-corrected chi connectivity index (χ4v) is 7.07. The predicted octanol–water partition coefficient (Wildman–Crippen LogP) is 2.52.